The van der Waals surface area contributed by atoms with Crippen LogP contribution in [-0.4, -0.2) is 17.6 Å². The topological polar surface area (TPSA) is 57.2 Å². The molecule has 0 saturated heterocycles. The van der Waals surface area contributed by atoms with Gasteiger partial charge in [0.15, 0.2) is 0 Å². The Morgan fingerprint density at radius 3 is 2.84 bits per heavy atom. The second-order valence-electron chi connectivity index (χ2n) is 4.03. The second kappa shape index (κ2) is 5.44. The maximum atomic E-state index is 13.2. The van der Waals surface area contributed by atoms with Crippen molar-refractivity contribution >= 4 is 27.6 Å². The molecule has 0 aliphatic carbocycles. The number of nitrogens with zero attached hydrogens (tertiary/aromatic N) is 1. The number of carbonyl (C=O) groups excluding carboxylic acids is 1. The number of benzene rings is 1. The van der Waals surface area contributed by atoms with E-state index in [4.69, 9.17) is 5.73 Å². The first-order valence-electron chi connectivity index (χ1n) is 5.49. The first-order valence-corrected chi connectivity index (χ1v) is 6.28. The van der Waals surface area contributed by atoms with Crippen LogP contribution in [0.15, 0.2) is 34.9 Å². The number of halogens is 2. The Balaban J connectivity index is 2.32. The molecule has 0 fully saturated rings. The maximum absolute atomic E-state index is 13.2. The summed E-state index contributed by atoms with van der Waals surface area (Å²) in [4.78, 5) is 11.6. The van der Waals surface area contributed by atoms with Crippen molar-refractivity contribution in [2.45, 2.75) is 6.54 Å². The number of hydrogen-bond donors (Lipinski definition) is 1. The molecule has 0 bridgehead atoms. The molecule has 1 heterocycles. The molecule has 19 heavy (non-hydrogen) atoms. The minimum atomic E-state index is -0.460. The average Bonchev–Trinajstić information content (AvgIpc) is 2.74. The monoisotopic (exact) mass is 326 g/mol. The molecule has 0 atom stereocenters. The number of carbonyl (C=O) groups is 1. The van der Waals surface area contributed by atoms with Crippen LogP contribution in [0.5, 0.6) is 0 Å². The SMILES string of the molecule is COC(=O)c1cc(N)cn1Cc1ccc(F)c(Br)c1. The highest BCUT2D eigenvalue weighted by Crippen LogP contribution is 2.19. The minimum Gasteiger partial charge on any atom is -0.464 e. The van der Waals surface area contributed by atoms with Crippen molar-refractivity contribution < 1.29 is 13.9 Å². The Hall–Kier alpha value is -1.82. The second-order valence-corrected chi connectivity index (χ2v) is 4.88. The fourth-order valence-corrected chi connectivity index (χ4v) is 2.20. The minimum absolute atomic E-state index is 0.330. The molecule has 0 aliphatic rings. The van der Waals surface area contributed by atoms with Crippen LogP contribution in [0.3, 0.4) is 0 Å². The van der Waals surface area contributed by atoms with Gasteiger partial charge >= 0.3 is 5.97 Å². The van der Waals surface area contributed by atoms with Gasteiger partial charge in [0.05, 0.1) is 17.3 Å². The number of esters is 1. The van der Waals surface area contributed by atoms with Crippen molar-refractivity contribution in [3.63, 3.8) is 0 Å². The van der Waals surface area contributed by atoms with Crippen LogP contribution in [0.25, 0.3) is 0 Å². The van der Waals surface area contributed by atoms with E-state index in [1.54, 1.807) is 29.0 Å². The summed E-state index contributed by atoms with van der Waals surface area (Å²) >= 11 is 3.13. The molecule has 1 aromatic heterocycles. The number of ether oxygens (including phenoxy) is 1. The lowest BCUT2D eigenvalue weighted by Gasteiger charge is -2.08. The summed E-state index contributed by atoms with van der Waals surface area (Å²) < 4.78 is 19.9. The molecule has 2 aromatic rings. The molecule has 0 amide bonds. The van der Waals surface area contributed by atoms with Gasteiger partial charge in [-0.25, -0.2) is 9.18 Å². The van der Waals surface area contributed by atoms with Crippen LogP contribution in [0.1, 0.15) is 16.1 Å². The van der Waals surface area contributed by atoms with E-state index in [9.17, 15) is 9.18 Å². The molecule has 2 N–H and O–H groups in total. The summed E-state index contributed by atoms with van der Waals surface area (Å²) in [6.45, 7) is 0.403. The van der Waals surface area contributed by atoms with Crippen LogP contribution < -0.4 is 5.73 Å². The predicted molar refractivity (Wildman–Crippen MR) is 73.4 cm³/mol. The Kier molecular flexibility index (Phi) is 3.90. The standard InChI is InChI=1S/C13H12BrFN2O2/c1-19-13(18)12-5-9(16)7-17(12)6-8-2-3-11(15)10(14)4-8/h2-5,7H,6,16H2,1H3. The zero-order valence-electron chi connectivity index (χ0n) is 10.2. The lowest BCUT2D eigenvalue weighted by molar-refractivity contribution is 0.0589. The summed E-state index contributed by atoms with van der Waals surface area (Å²) in [7, 11) is 1.31. The van der Waals surface area contributed by atoms with Crippen molar-refractivity contribution in [1.82, 2.24) is 4.57 Å². The molecule has 4 nitrogen and oxygen atoms in total. The lowest BCUT2D eigenvalue weighted by Crippen LogP contribution is -2.10. The molecule has 100 valence electrons. The first kappa shape index (κ1) is 13.6. The van der Waals surface area contributed by atoms with Crippen LogP contribution in [-0.2, 0) is 11.3 Å². The van der Waals surface area contributed by atoms with Gasteiger partial charge in [0.25, 0.3) is 0 Å². The number of hydrogen-bond acceptors (Lipinski definition) is 3. The largest absolute Gasteiger partial charge is 0.464 e. The van der Waals surface area contributed by atoms with E-state index >= 15 is 0 Å². The van der Waals surface area contributed by atoms with Gasteiger partial charge in [0.2, 0.25) is 0 Å². The Morgan fingerprint density at radius 1 is 1.47 bits per heavy atom. The van der Waals surface area contributed by atoms with Gasteiger partial charge in [0.1, 0.15) is 11.5 Å². The van der Waals surface area contributed by atoms with Gasteiger partial charge in [0, 0.05) is 12.7 Å². The van der Waals surface area contributed by atoms with Gasteiger partial charge < -0.3 is 15.0 Å². The van der Waals surface area contributed by atoms with Crippen LogP contribution >= 0.6 is 15.9 Å². The Bertz CT molecular complexity index is 625. The van der Waals surface area contributed by atoms with Gasteiger partial charge in [-0.05, 0) is 39.7 Å². The van der Waals surface area contributed by atoms with E-state index < -0.39 is 5.97 Å². The van der Waals surface area contributed by atoms with Crippen molar-refractivity contribution in [2.75, 3.05) is 12.8 Å². The van der Waals surface area contributed by atoms with Crippen LogP contribution in [0, 0.1) is 5.82 Å². The van der Waals surface area contributed by atoms with E-state index in [1.165, 1.54) is 13.2 Å². The van der Waals surface area contributed by atoms with Gasteiger partial charge in [-0.2, -0.15) is 0 Å². The zero-order valence-corrected chi connectivity index (χ0v) is 11.8. The van der Waals surface area contributed by atoms with Gasteiger partial charge in [-0.15, -0.1) is 0 Å². The zero-order chi connectivity index (χ0) is 14.0. The molecule has 6 heteroatoms. The summed E-state index contributed by atoms with van der Waals surface area (Å²) in [5.74, 6) is -0.790. The molecule has 2 rings (SSSR count). The fourth-order valence-electron chi connectivity index (χ4n) is 1.77. The number of aromatic nitrogens is 1. The third-order valence-corrected chi connectivity index (χ3v) is 3.26. The van der Waals surface area contributed by atoms with E-state index in [0.717, 1.165) is 5.56 Å². The average molecular weight is 327 g/mol. The summed E-state index contributed by atoms with van der Waals surface area (Å²) in [5.41, 5.74) is 7.36. The third kappa shape index (κ3) is 2.96. The summed E-state index contributed by atoms with van der Waals surface area (Å²) in [6, 6.07) is 6.22. The molecule has 0 unspecified atom stereocenters. The van der Waals surface area contributed by atoms with Crippen LogP contribution in [0.2, 0.25) is 0 Å². The number of nitrogens with two attached hydrogens (primary N) is 1. The summed E-state index contributed by atoms with van der Waals surface area (Å²) in [6.07, 6.45) is 1.64. The van der Waals surface area contributed by atoms with E-state index in [1.807, 2.05) is 0 Å². The molecular weight excluding hydrogens is 315 g/mol. The maximum Gasteiger partial charge on any atom is 0.354 e. The van der Waals surface area contributed by atoms with E-state index in [2.05, 4.69) is 20.7 Å². The number of anilines is 1. The quantitative estimate of drug-likeness (QED) is 0.882. The van der Waals surface area contributed by atoms with Crippen molar-refractivity contribution in [3.8, 4) is 0 Å². The number of nitrogen functional groups attached to an aromatic ring is 1. The van der Waals surface area contributed by atoms with E-state index in [-0.39, 0.29) is 5.82 Å². The fraction of sp³-hybridized carbons (Fsp3) is 0.154. The first-order chi connectivity index (χ1) is 9.01. The molecule has 0 saturated carbocycles. The van der Waals surface area contributed by atoms with Crippen LogP contribution in [0.4, 0.5) is 10.1 Å². The van der Waals surface area contributed by atoms with Gasteiger partial charge in [-0.1, -0.05) is 6.07 Å². The molecule has 0 spiro atoms. The molecule has 1 aromatic carbocycles. The highest BCUT2D eigenvalue weighted by Gasteiger charge is 2.13. The van der Waals surface area contributed by atoms with Crippen molar-refractivity contribution in [2.24, 2.45) is 0 Å². The number of rotatable bonds is 3. The lowest BCUT2D eigenvalue weighted by atomic mass is 10.2. The van der Waals surface area contributed by atoms with Crippen molar-refractivity contribution in [1.29, 1.82) is 0 Å². The Labute approximate surface area is 118 Å². The van der Waals surface area contributed by atoms with E-state index in [0.29, 0.717) is 22.4 Å². The molecule has 0 aliphatic heterocycles. The molecular formula is C13H12BrFN2O2. The third-order valence-electron chi connectivity index (χ3n) is 2.65. The predicted octanol–water partition coefficient (Wildman–Crippen LogP) is 2.81. The highest BCUT2D eigenvalue weighted by atomic mass is 79.9. The smallest absolute Gasteiger partial charge is 0.354 e. The summed E-state index contributed by atoms with van der Waals surface area (Å²) in [5, 5.41) is 0. The molecule has 0 radical (unpaired) electrons. The highest BCUT2D eigenvalue weighted by molar-refractivity contribution is 9.10. The number of methoxy groups -OCH3 is 1. The normalized spacial score (nSPS) is 10.5. The Morgan fingerprint density at radius 2 is 2.21 bits per heavy atom. The van der Waals surface area contributed by atoms with Gasteiger partial charge in [-0.3, -0.25) is 0 Å². The van der Waals surface area contributed by atoms with Crippen molar-refractivity contribution in [3.05, 3.63) is 52.0 Å².